The van der Waals surface area contributed by atoms with Crippen molar-refractivity contribution in [1.29, 1.82) is 0 Å². The molecule has 0 aliphatic carbocycles. The highest BCUT2D eigenvalue weighted by atomic mass is 79.9. The summed E-state index contributed by atoms with van der Waals surface area (Å²) >= 11 is 9.70. The first-order valence-electron chi connectivity index (χ1n) is 9.93. The molecule has 5 rings (SSSR count). The standard InChI is InChI=1S/C24H20BrClN2O2/c1-2-29-19-10-5-15(6-11-19)21-14-22-20-13-17(25)7-12-23(20)30-24(28(22)27-21)16-3-8-18(26)9-4-16/h3-13,22,24H,2,14H2,1H3. The lowest BCUT2D eigenvalue weighted by Gasteiger charge is -2.38. The SMILES string of the molecule is CCOc1ccc(C2=NN3C(C2)c2cc(Br)ccc2OC3c2ccc(Cl)cc2)cc1. The third kappa shape index (κ3) is 3.57. The van der Waals surface area contributed by atoms with Crippen LogP contribution >= 0.6 is 27.5 Å². The quantitative estimate of drug-likeness (QED) is 0.412. The van der Waals surface area contributed by atoms with Gasteiger partial charge in [-0.05, 0) is 67.1 Å². The molecule has 2 aliphatic heterocycles. The van der Waals surface area contributed by atoms with Gasteiger partial charge in [-0.2, -0.15) is 5.10 Å². The van der Waals surface area contributed by atoms with Crippen molar-refractivity contribution in [3.63, 3.8) is 0 Å². The Hall–Kier alpha value is -2.50. The van der Waals surface area contributed by atoms with E-state index >= 15 is 0 Å². The van der Waals surface area contributed by atoms with E-state index in [0.717, 1.165) is 44.8 Å². The minimum absolute atomic E-state index is 0.105. The number of hydrazone groups is 1. The molecule has 2 heterocycles. The fraction of sp³-hybridized carbons (Fsp3) is 0.208. The Balaban J connectivity index is 1.54. The third-order valence-electron chi connectivity index (χ3n) is 5.41. The summed E-state index contributed by atoms with van der Waals surface area (Å²) in [5, 5.41) is 7.78. The zero-order chi connectivity index (χ0) is 20.7. The van der Waals surface area contributed by atoms with E-state index in [2.05, 4.69) is 39.1 Å². The molecule has 0 spiro atoms. The lowest BCUT2D eigenvalue weighted by molar-refractivity contribution is -0.0190. The molecular formula is C24H20BrClN2O2. The van der Waals surface area contributed by atoms with Crippen molar-refractivity contribution in [3.05, 3.63) is 92.9 Å². The molecule has 152 valence electrons. The Labute approximate surface area is 189 Å². The van der Waals surface area contributed by atoms with Crippen LogP contribution in [-0.4, -0.2) is 17.3 Å². The first kappa shape index (κ1) is 19.5. The van der Waals surface area contributed by atoms with Crippen LogP contribution in [0.25, 0.3) is 0 Å². The first-order chi connectivity index (χ1) is 14.6. The monoisotopic (exact) mass is 482 g/mol. The van der Waals surface area contributed by atoms with Gasteiger partial charge < -0.3 is 9.47 Å². The van der Waals surface area contributed by atoms with Crippen molar-refractivity contribution in [2.24, 2.45) is 5.10 Å². The summed E-state index contributed by atoms with van der Waals surface area (Å²) in [5.41, 5.74) is 4.30. The van der Waals surface area contributed by atoms with Gasteiger partial charge in [0.15, 0.2) is 0 Å². The Morgan fingerprint density at radius 3 is 2.60 bits per heavy atom. The molecule has 3 aromatic rings. The van der Waals surface area contributed by atoms with Crippen LogP contribution in [0.5, 0.6) is 11.5 Å². The Bertz CT molecular complexity index is 1100. The second-order valence-corrected chi connectivity index (χ2v) is 8.66. The van der Waals surface area contributed by atoms with E-state index in [-0.39, 0.29) is 12.3 Å². The summed E-state index contributed by atoms with van der Waals surface area (Å²) in [6.07, 6.45) is 0.506. The largest absolute Gasteiger partial charge is 0.494 e. The van der Waals surface area contributed by atoms with Gasteiger partial charge in [0.25, 0.3) is 0 Å². The van der Waals surface area contributed by atoms with Crippen LogP contribution in [0.4, 0.5) is 0 Å². The third-order valence-corrected chi connectivity index (χ3v) is 6.15. The van der Waals surface area contributed by atoms with Crippen LogP contribution in [0.15, 0.2) is 76.3 Å². The van der Waals surface area contributed by atoms with Crippen molar-refractivity contribution in [2.75, 3.05) is 6.61 Å². The van der Waals surface area contributed by atoms with Gasteiger partial charge in [-0.1, -0.05) is 39.7 Å². The predicted molar refractivity (Wildman–Crippen MR) is 122 cm³/mol. The van der Waals surface area contributed by atoms with Crippen LogP contribution in [0.3, 0.4) is 0 Å². The summed E-state index contributed by atoms with van der Waals surface area (Å²) in [6, 6.07) is 22.2. The number of rotatable bonds is 4. The first-order valence-corrected chi connectivity index (χ1v) is 11.1. The van der Waals surface area contributed by atoms with Gasteiger partial charge in [0, 0.05) is 27.0 Å². The van der Waals surface area contributed by atoms with E-state index in [1.807, 2.05) is 55.5 Å². The maximum atomic E-state index is 6.40. The number of nitrogens with zero attached hydrogens (tertiary/aromatic N) is 2. The highest BCUT2D eigenvalue weighted by Crippen LogP contribution is 2.48. The molecule has 0 bridgehead atoms. The van der Waals surface area contributed by atoms with E-state index < -0.39 is 0 Å². The maximum absolute atomic E-state index is 6.40. The minimum atomic E-state index is -0.304. The molecule has 4 nitrogen and oxygen atoms in total. The number of hydrogen-bond donors (Lipinski definition) is 0. The van der Waals surface area contributed by atoms with Crippen molar-refractivity contribution in [1.82, 2.24) is 5.01 Å². The Kier molecular flexibility index (Phi) is 5.17. The van der Waals surface area contributed by atoms with E-state index in [9.17, 15) is 0 Å². The van der Waals surface area contributed by atoms with Crippen molar-refractivity contribution in [2.45, 2.75) is 25.6 Å². The zero-order valence-electron chi connectivity index (χ0n) is 16.4. The van der Waals surface area contributed by atoms with Gasteiger partial charge in [-0.15, -0.1) is 0 Å². The van der Waals surface area contributed by atoms with E-state index in [0.29, 0.717) is 11.6 Å². The molecule has 0 amide bonds. The minimum Gasteiger partial charge on any atom is -0.494 e. The highest BCUT2D eigenvalue weighted by Gasteiger charge is 2.41. The van der Waals surface area contributed by atoms with Gasteiger partial charge in [0.05, 0.1) is 18.4 Å². The Morgan fingerprint density at radius 2 is 1.87 bits per heavy atom. The van der Waals surface area contributed by atoms with Gasteiger partial charge in [-0.3, -0.25) is 0 Å². The number of halogens is 2. The summed E-state index contributed by atoms with van der Waals surface area (Å²) in [6.45, 7) is 2.64. The van der Waals surface area contributed by atoms with Crippen LogP contribution in [0, 0.1) is 0 Å². The lowest BCUT2D eigenvalue weighted by Crippen LogP contribution is -2.33. The van der Waals surface area contributed by atoms with Crippen molar-refractivity contribution >= 4 is 33.2 Å². The zero-order valence-corrected chi connectivity index (χ0v) is 18.7. The average molecular weight is 484 g/mol. The number of ether oxygens (including phenoxy) is 2. The van der Waals surface area contributed by atoms with Crippen LogP contribution < -0.4 is 9.47 Å². The van der Waals surface area contributed by atoms with Gasteiger partial charge in [0.2, 0.25) is 6.23 Å². The van der Waals surface area contributed by atoms with E-state index in [4.69, 9.17) is 26.2 Å². The lowest BCUT2D eigenvalue weighted by atomic mass is 9.96. The van der Waals surface area contributed by atoms with Crippen LogP contribution in [-0.2, 0) is 0 Å². The highest BCUT2D eigenvalue weighted by molar-refractivity contribution is 9.10. The molecule has 3 aromatic carbocycles. The maximum Gasteiger partial charge on any atom is 0.213 e. The van der Waals surface area contributed by atoms with Crippen molar-refractivity contribution in [3.8, 4) is 11.5 Å². The normalized spacial score (nSPS) is 19.6. The molecule has 0 saturated carbocycles. The number of benzene rings is 3. The molecule has 0 radical (unpaired) electrons. The average Bonchev–Trinajstić information content (AvgIpc) is 3.21. The molecule has 6 heteroatoms. The molecule has 2 atom stereocenters. The summed E-state index contributed by atoms with van der Waals surface area (Å²) in [5.74, 6) is 1.76. The predicted octanol–water partition coefficient (Wildman–Crippen LogP) is 6.74. The van der Waals surface area contributed by atoms with Crippen molar-refractivity contribution < 1.29 is 9.47 Å². The van der Waals surface area contributed by atoms with Crippen LogP contribution in [0.1, 0.15) is 42.3 Å². The summed E-state index contributed by atoms with van der Waals surface area (Å²) in [4.78, 5) is 0. The van der Waals surface area contributed by atoms with E-state index in [1.165, 1.54) is 0 Å². The summed E-state index contributed by atoms with van der Waals surface area (Å²) in [7, 11) is 0. The molecule has 30 heavy (non-hydrogen) atoms. The molecule has 2 aliphatic rings. The van der Waals surface area contributed by atoms with E-state index in [1.54, 1.807) is 0 Å². The number of hydrogen-bond acceptors (Lipinski definition) is 4. The molecule has 0 N–H and O–H groups in total. The second-order valence-electron chi connectivity index (χ2n) is 7.31. The molecular weight excluding hydrogens is 464 g/mol. The smallest absolute Gasteiger partial charge is 0.213 e. The number of fused-ring (bicyclic) bond motifs is 3. The fourth-order valence-corrected chi connectivity index (χ4v) is 4.49. The summed E-state index contributed by atoms with van der Waals surface area (Å²) < 4.78 is 13.0. The topological polar surface area (TPSA) is 34.1 Å². The van der Waals surface area contributed by atoms with Gasteiger partial charge in [-0.25, -0.2) is 5.01 Å². The second kappa shape index (κ2) is 7.97. The molecule has 2 unspecified atom stereocenters. The fourth-order valence-electron chi connectivity index (χ4n) is 3.99. The molecule has 0 fully saturated rings. The van der Waals surface area contributed by atoms with Crippen LogP contribution in [0.2, 0.25) is 5.02 Å². The Morgan fingerprint density at radius 1 is 1.10 bits per heavy atom. The van der Waals surface area contributed by atoms with Gasteiger partial charge >= 0.3 is 0 Å². The van der Waals surface area contributed by atoms with Gasteiger partial charge in [0.1, 0.15) is 11.5 Å². The molecule has 0 saturated heterocycles. The molecule has 0 aromatic heterocycles.